The number of carbonyl (C=O) groups is 3. The van der Waals surface area contributed by atoms with Gasteiger partial charge in [-0.2, -0.15) is 0 Å². The summed E-state index contributed by atoms with van der Waals surface area (Å²) < 4.78 is 28.9. The molecule has 1 fully saturated rings. The summed E-state index contributed by atoms with van der Waals surface area (Å²) in [7, 11) is 6.72. The van der Waals surface area contributed by atoms with Gasteiger partial charge in [0.05, 0.1) is 39.2 Å². The van der Waals surface area contributed by atoms with Gasteiger partial charge in [0.25, 0.3) is 5.91 Å². The fraction of sp³-hybridized carbons (Fsp3) is 0.429. The second-order valence-electron chi connectivity index (χ2n) is 13.7. The zero-order chi connectivity index (χ0) is 39.2. The molecule has 2 unspecified atom stereocenters. The van der Waals surface area contributed by atoms with Crippen LogP contribution in [0.25, 0.3) is 0 Å². The van der Waals surface area contributed by atoms with Crippen LogP contribution in [-0.4, -0.2) is 101 Å². The summed E-state index contributed by atoms with van der Waals surface area (Å²) in [6.07, 6.45) is 7.35. The lowest BCUT2D eigenvalue weighted by Crippen LogP contribution is -2.44. The Morgan fingerprint density at radius 1 is 0.964 bits per heavy atom. The van der Waals surface area contributed by atoms with E-state index in [1.165, 1.54) is 4.90 Å². The maximum absolute atomic E-state index is 13.7. The minimum Gasteiger partial charge on any atom is -0.493 e. The van der Waals surface area contributed by atoms with Crippen molar-refractivity contribution in [3.05, 3.63) is 83.4 Å². The average molecular weight is 756 g/mol. The number of benzene rings is 3. The highest BCUT2D eigenvalue weighted by atomic mass is 16.6. The van der Waals surface area contributed by atoms with Gasteiger partial charge in [-0.3, -0.25) is 14.6 Å². The Morgan fingerprint density at radius 3 is 2.40 bits per heavy atom. The Labute approximate surface area is 323 Å². The van der Waals surface area contributed by atoms with E-state index >= 15 is 0 Å². The number of fused-ring (bicyclic) bond motifs is 1. The molecule has 13 nitrogen and oxygen atoms in total. The number of anilines is 1. The zero-order valence-corrected chi connectivity index (χ0v) is 32.3. The summed E-state index contributed by atoms with van der Waals surface area (Å²) in [5, 5.41) is 5.83. The van der Waals surface area contributed by atoms with E-state index in [4.69, 9.17) is 23.7 Å². The van der Waals surface area contributed by atoms with Crippen LogP contribution in [0.3, 0.4) is 0 Å². The molecular formula is C42H53N5O8. The molecule has 2 aliphatic rings. The summed E-state index contributed by atoms with van der Waals surface area (Å²) in [4.78, 5) is 45.4. The number of aliphatic imine (C=N–C) groups is 1. The number of hydrogen-bond acceptors (Lipinski definition) is 10. The normalized spacial score (nSPS) is 16.9. The van der Waals surface area contributed by atoms with Crippen molar-refractivity contribution in [3.8, 4) is 23.0 Å². The predicted molar refractivity (Wildman–Crippen MR) is 212 cm³/mol. The lowest BCUT2D eigenvalue weighted by atomic mass is 9.97. The number of nitrogens with zero attached hydrogens (tertiary/aromatic N) is 3. The summed E-state index contributed by atoms with van der Waals surface area (Å²) in [6.45, 7) is 6.27. The quantitative estimate of drug-likeness (QED) is 0.0839. The van der Waals surface area contributed by atoms with Crippen LogP contribution in [-0.2, 0) is 22.6 Å². The molecule has 0 radical (unpaired) electrons. The zero-order valence-electron chi connectivity index (χ0n) is 32.3. The molecule has 2 atom stereocenters. The molecule has 5 rings (SSSR count). The molecule has 13 heteroatoms. The number of amides is 3. The van der Waals surface area contributed by atoms with Gasteiger partial charge < -0.3 is 44.1 Å². The van der Waals surface area contributed by atoms with E-state index in [1.807, 2.05) is 48.3 Å². The monoisotopic (exact) mass is 755 g/mol. The van der Waals surface area contributed by atoms with Gasteiger partial charge in [0.1, 0.15) is 6.61 Å². The summed E-state index contributed by atoms with van der Waals surface area (Å²) in [5.41, 5.74) is 5.13. The average Bonchev–Trinajstić information content (AvgIpc) is 3.66. The van der Waals surface area contributed by atoms with Crippen molar-refractivity contribution in [2.24, 2.45) is 4.99 Å². The van der Waals surface area contributed by atoms with Gasteiger partial charge >= 0.3 is 6.09 Å². The molecule has 2 aliphatic heterocycles. The van der Waals surface area contributed by atoms with Gasteiger partial charge in [0.15, 0.2) is 23.0 Å². The lowest BCUT2D eigenvalue weighted by Gasteiger charge is -2.28. The molecule has 0 aromatic heterocycles. The maximum atomic E-state index is 13.7. The number of ether oxygens (including phenoxy) is 5. The number of carbonyl (C=O) groups excluding carboxylic acids is 3. The van der Waals surface area contributed by atoms with E-state index in [1.54, 1.807) is 45.7 Å². The predicted octanol–water partition coefficient (Wildman–Crippen LogP) is 6.57. The maximum Gasteiger partial charge on any atom is 0.409 e. The van der Waals surface area contributed by atoms with Crippen molar-refractivity contribution in [3.63, 3.8) is 0 Å². The van der Waals surface area contributed by atoms with Gasteiger partial charge in [-0.15, -0.1) is 0 Å². The smallest absolute Gasteiger partial charge is 0.409 e. The van der Waals surface area contributed by atoms with Crippen LogP contribution in [0.1, 0.15) is 60.0 Å². The van der Waals surface area contributed by atoms with Crippen molar-refractivity contribution < 1.29 is 38.1 Å². The van der Waals surface area contributed by atoms with E-state index in [-0.39, 0.29) is 24.6 Å². The van der Waals surface area contributed by atoms with Crippen LogP contribution >= 0.6 is 0 Å². The third-order valence-electron chi connectivity index (χ3n) is 9.74. The number of methoxy groups -OCH3 is 2. The largest absolute Gasteiger partial charge is 0.493 e. The van der Waals surface area contributed by atoms with Crippen LogP contribution in [0.2, 0.25) is 0 Å². The molecule has 3 aromatic rings. The highest BCUT2D eigenvalue weighted by Gasteiger charge is 2.32. The van der Waals surface area contributed by atoms with Crippen molar-refractivity contribution in [1.82, 2.24) is 15.1 Å². The molecule has 0 aliphatic carbocycles. The van der Waals surface area contributed by atoms with Crippen molar-refractivity contribution >= 4 is 36.0 Å². The van der Waals surface area contributed by atoms with E-state index in [9.17, 15) is 14.4 Å². The molecule has 2 N–H and O–H groups in total. The number of likely N-dealkylation sites (tertiary alicyclic amines) is 1. The summed E-state index contributed by atoms with van der Waals surface area (Å²) in [6, 6.07) is 16.4. The van der Waals surface area contributed by atoms with E-state index < -0.39 is 6.09 Å². The first kappa shape index (κ1) is 40.5. The standard InChI is InChI=1S/C42H53N5O8/c1-29-20-32-23-39(52-5)40(24-36(32)44-25-34(21-29)45-28-48)54-19-8-6-7-18-53-37-16-13-31(22-38(37)51-4)41(49)47-17-9-10-35(47)26-46(3)42(50)55-27-30-11-14-33(43-2)15-12-30/h11-16,22-25,28,34-35,43H,1,6-10,17-21,26-27H2,2-5H3,(H,45,48)/b44-25-. The fourth-order valence-corrected chi connectivity index (χ4v) is 6.73. The molecular weight excluding hydrogens is 702 g/mol. The van der Waals surface area contributed by atoms with Gasteiger partial charge in [-0.1, -0.05) is 24.3 Å². The van der Waals surface area contributed by atoms with Crippen molar-refractivity contribution in [2.45, 2.75) is 63.6 Å². The highest BCUT2D eigenvalue weighted by Crippen LogP contribution is 2.37. The fourth-order valence-electron chi connectivity index (χ4n) is 6.73. The second kappa shape index (κ2) is 20.1. The van der Waals surface area contributed by atoms with Crippen molar-refractivity contribution in [1.29, 1.82) is 0 Å². The topological polar surface area (TPSA) is 140 Å². The van der Waals surface area contributed by atoms with E-state index in [2.05, 4.69) is 22.2 Å². The molecule has 294 valence electrons. The Hall–Kier alpha value is -5.72. The highest BCUT2D eigenvalue weighted by molar-refractivity contribution is 5.95. The third kappa shape index (κ3) is 11.2. The minimum absolute atomic E-state index is 0.114. The molecule has 0 spiro atoms. The first-order valence-corrected chi connectivity index (χ1v) is 18.7. The van der Waals surface area contributed by atoms with Gasteiger partial charge in [-0.25, -0.2) is 4.79 Å². The minimum atomic E-state index is -0.431. The van der Waals surface area contributed by atoms with Crippen LogP contribution in [0.15, 0.2) is 71.7 Å². The van der Waals surface area contributed by atoms with E-state index in [0.717, 1.165) is 60.2 Å². The Kier molecular flexibility index (Phi) is 14.8. The van der Waals surface area contributed by atoms with Crippen LogP contribution in [0.5, 0.6) is 23.0 Å². The van der Waals surface area contributed by atoms with Gasteiger partial charge in [0, 0.05) is 56.8 Å². The number of unbranched alkanes of at least 4 members (excludes halogenated alkanes) is 2. The van der Waals surface area contributed by atoms with Gasteiger partial charge in [0.2, 0.25) is 6.41 Å². The third-order valence-corrected chi connectivity index (χ3v) is 9.74. The van der Waals surface area contributed by atoms with Gasteiger partial charge in [-0.05, 0) is 92.5 Å². The van der Waals surface area contributed by atoms with Crippen molar-refractivity contribution in [2.75, 3.05) is 59.9 Å². The van der Waals surface area contributed by atoms with E-state index in [0.29, 0.717) is 74.1 Å². The first-order valence-electron chi connectivity index (χ1n) is 18.7. The molecule has 0 bridgehead atoms. The molecule has 2 heterocycles. The Morgan fingerprint density at radius 2 is 1.69 bits per heavy atom. The number of nitrogens with one attached hydrogen (secondary N) is 2. The van der Waals surface area contributed by atoms with Crippen LogP contribution in [0.4, 0.5) is 16.2 Å². The second-order valence-corrected chi connectivity index (χ2v) is 13.7. The molecule has 3 aromatic carbocycles. The number of hydrogen-bond donors (Lipinski definition) is 2. The first-order chi connectivity index (χ1) is 26.7. The SMILES string of the molecule is C=C1Cc2cc(OC)c(OCCCCCOc3ccc(C(=O)N4CCCC4CN(C)C(=O)OCc4ccc(NC)cc4)cc3OC)cc2/N=C\C(NC=O)C1. The lowest BCUT2D eigenvalue weighted by molar-refractivity contribution is -0.109. The number of rotatable bonds is 18. The molecule has 1 saturated heterocycles. The molecule has 0 saturated carbocycles. The molecule has 3 amide bonds. The summed E-state index contributed by atoms with van der Waals surface area (Å²) in [5.74, 6) is 2.18. The molecule has 55 heavy (non-hydrogen) atoms. The van der Waals surface area contributed by atoms with Crippen LogP contribution in [0, 0.1) is 0 Å². The summed E-state index contributed by atoms with van der Waals surface area (Å²) >= 11 is 0. The number of likely N-dealkylation sites (N-methyl/N-ethyl adjacent to an activating group) is 1. The van der Waals surface area contributed by atoms with Crippen LogP contribution < -0.4 is 29.6 Å². The Bertz CT molecular complexity index is 1810. The Balaban J connectivity index is 1.06.